The largest absolute Gasteiger partial charge is 0.435 e. The highest BCUT2D eigenvalue weighted by Gasteiger charge is 2.43. The predicted molar refractivity (Wildman–Crippen MR) is 97.4 cm³/mol. The van der Waals surface area contributed by atoms with Crippen molar-refractivity contribution in [2.24, 2.45) is 0 Å². The fourth-order valence-electron chi connectivity index (χ4n) is 2.39. The maximum Gasteiger partial charge on any atom is 0.435 e. The van der Waals surface area contributed by atoms with Crippen molar-refractivity contribution in [2.75, 3.05) is 0 Å². The van der Waals surface area contributed by atoms with E-state index in [9.17, 15) is 30.8 Å². The van der Waals surface area contributed by atoms with Crippen LogP contribution in [-0.4, -0.2) is 29.3 Å². The lowest BCUT2D eigenvalue weighted by Gasteiger charge is -2.12. The average Bonchev–Trinajstić information content (AvgIpc) is 3.09. The normalized spacial score (nSPS) is 12.1. The summed E-state index contributed by atoms with van der Waals surface area (Å²) in [6.07, 6.45) is -5.19. The van der Waals surface area contributed by atoms with E-state index in [1.165, 1.54) is 29.0 Å². The van der Waals surface area contributed by atoms with Gasteiger partial charge in [-0.15, -0.1) is 5.10 Å². The summed E-state index contributed by atoms with van der Waals surface area (Å²) >= 11 is 11.7. The Kier molecular flexibility index (Phi) is 5.76. The number of hydrogen-bond donors (Lipinski definition) is 1. The van der Waals surface area contributed by atoms with Crippen molar-refractivity contribution < 1.29 is 30.8 Å². The highest BCUT2D eigenvalue weighted by atomic mass is 35.5. The molecule has 0 saturated carbocycles. The average molecular weight is 483 g/mol. The second-order valence-corrected chi connectivity index (χ2v) is 8.15. The zero-order valence-corrected chi connectivity index (χ0v) is 16.6. The quantitative estimate of drug-likeness (QED) is 0.570. The molecule has 30 heavy (non-hydrogen) atoms. The first-order chi connectivity index (χ1) is 13.9. The summed E-state index contributed by atoms with van der Waals surface area (Å²) in [5.41, 5.74) is -3.41. The minimum absolute atomic E-state index is 0.0196. The summed E-state index contributed by atoms with van der Waals surface area (Å²) in [7, 11) is -4.84. The lowest BCUT2D eigenvalue weighted by Crippen LogP contribution is -2.33. The van der Waals surface area contributed by atoms with Gasteiger partial charge in [0.1, 0.15) is 10.7 Å². The van der Waals surface area contributed by atoms with E-state index in [0.29, 0.717) is 0 Å². The van der Waals surface area contributed by atoms with Crippen LogP contribution in [0.5, 0.6) is 0 Å². The van der Waals surface area contributed by atoms with Crippen molar-refractivity contribution in [3.63, 3.8) is 0 Å². The predicted octanol–water partition coefficient (Wildman–Crippen LogP) is 3.85. The van der Waals surface area contributed by atoms with Crippen LogP contribution in [0, 0.1) is 5.82 Å². The Morgan fingerprint density at radius 1 is 1.10 bits per heavy atom. The molecule has 0 radical (unpaired) electrons. The van der Waals surface area contributed by atoms with E-state index in [1.807, 2.05) is 0 Å². The monoisotopic (exact) mass is 482 g/mol. The van der Waals surface area contributed by atoms with E-state index in [2.05, 4.69) is 10.3 Å². The maximum absolute atomic E-state index is 13.7. The third-order valence-electron chi connectivity index (χ3n) is 3.64. The summed E-state index contributed by atoms with van der Waals surface area (Å²) in [5, 5.41) is 6.25. The SMILES string of the molecule is O=C(NS(=O)(=O)c1ccccc1F)c1nnn(-c2cc(Cl)ccc2Cl)c1C(F)(F)F. The number of rotatable bonds is 4. The van der Waals surface area contributed by atoms with Crippen molar-refractivity contribution in [1.29, 1.82) is 0 Å². The number of amides is 1. The van der Waals surface area contributed by atoms with Crippen molar-refractivity contribution in [3.8, 4) is 5.69 Å². The number of alkyl halides is 3. The maximum atomic E-state index is 13.7. The van der Waals surface area contributed by atoms with E-state index >= 15 is 0 Å². The van der Waals surface area contributed by atoms with E-state index < -0.39 is 44.2 Å². The van der Waals surface area contributed by atoms with Gasteiger partial charge in [0.2, 0.25) is 0 Å². The van der Waals surface area contributed by atoms with Gasteiger partial charge in [-0.2, -0.15) is 13.2 Å². The van der Waals surface area contributed by atoms with Gasteiger partial charge >= 0.3 is 6.18 Å². The third kappa shape index (κ3) is 4.25. The molecular formula is C16H8Cl2F4N4O3S. The minimum atomic E-state index is -5.19. The lowest BCUT2D eigenvalue weighted by molar-refractivity contribution is -0.143. The molecule has 0 bridgehead atoms. The molecule has 0 spiro atoms. The summed E-state index contributed by atoms with van der Waals surface area (Å²) in [5.74, 6) is -2.97. The molecule has 14 heteroatoms. The zero-order valence-electron chi connectivity index (χ0n) is 14.3. The van der Waals surface area contributed by atoms with Gasteiger partial charge in [-0.1, -0.05) is 40.5 Å². The van der Waals surface area contributed by atoms with Crippen LogP contribution in [0.15, 0.2) is 47.4 Å². The van der Waals surface area contributed by atoms with Gasteiger partial charge < -0.3 is 0 Å². The molecule has 0 aliphatic rings. The highest BCUT2D eigenvalue weighted by Crippen LogP contribution is 2.35. The van der Waals surface area contributed by atoms with Gasteiger partial charge in [-0.3, -0.25) is 4.79 Å². The van der Waals surface area contributed by atoms with Crippen LogP contribution in [0.4, 0.5) is 17.6 Å². The number of sulfonamides is 1. The van der Waals surface area contributed by atoms with E-state index in [-0.39, 0.29) is 20.4 Å². The molecule has 1 amide bonds. The number of halogens is 6. The van der Waals surface area contributed by atoms with Crippen LogP contribution in [0.3, 0.4) is 0 Å². The van der Waals surface area contributed by atoms with Crippen molar-refractivity contribution >= 4 is 39.1 Å². The molecule has 3 rings (SSSR count). The molecular weight excluding hydrogens is 475 g/mol. The first kappa shape index (κ1) is 22.0. The molecule has 2 aromatic carbocycles. The molecule has 1 N–H and O–H groups in total. The van der Waals surface area contributed by atoms with Gasteiger partial charge in [0, 0.05) is 5.02 Å². The lowest BCUT2D eigenvalue weighted by atomic mass is 10.2. The summed E-state index contributed by atoms with van der Waals surface area (Å²) in [4.78, 5) is 11.4. The zero-order chi connectivity index (χ0) is 22.3. The number of carbonyl (C=O) groups is 1. The van der Waals surface area contributed by atoms with Gasteiger partial charge in [0.15, 0.2) is 11.4 Å². The highest BCUT2D eigenvalue weighted by molar-refractivity contribution is 7.90. The fourth-order valence-corrected chi connectivity index (χ4v) is 3.79. The van der Waals surface area contributed by atoms with Crippen LogP contribution in [0.25, 0.3) is 5.69 Å². The van der Waals surface area contributed by atoms with Crippen LogP contribution in [0.1, 0.15) is 16.2 Å². The standard InChI is InChI=1S/C16H8Cl2F4N4O3S/c17-8-5-6-9(18)11(7-8)26-14(16(20,21)22)13(23-25-26)15(27)24-30(28,29)12-4-2-1-3-10(12)19/h1-7H,(H,24,27). The molecule has 0 aliphatic carbocycles. The topological polar surface area (TPSA) is 93.9 Å². The Hall–Kier alpha value is -2.70. The number of carbonyl (C=O) groups excluding carboxylic acids is 1. The molecule has 0 fully saturated rings. The van der Waals surface area contributed by atoms with Crippen LogP contribution in [-0.2, 0) is 16.2 Å². The molecule has 158 valence electrons. The Bertz CT molecular complexity index is 1250. The number of nitrogens with zero attached hydrogens (tertiary/aromatic N) is 3. The fraction of sp³-hybridized carbons (Fsp3) is 0.0625. The molecule has 0 unspecified atom stereocenters. The number of hydrogen-bond acceptors (Lipinski definition) is 5. The molecule has 1 aromatic heterocycles. The molecule has 0 aliphatic heterocycles. The van der Waals surface area contributed by atoms with Gasteiger partial charge in [-0.25, -0.2) is 22.2 Å². The van der Waals surface area contributed by atoms with Crippen LogP contribution in [0.2, 0.25) is 10.0 Å². The van der Waals surface area contributed by atoms with E-state index in [0.717, 1.165) is 18.2 Å². The molecule has 7 nitrogen and oxygen atoms in total. The summed E-state index contributed by atoms with van der Waals surface area (Å²) < 4.78 is 80.8. The molecule has 0 atom stereocenters. The second-order valence-electron chi connectivity index (χ2n) is 5.66. The number of benzene rings is 2. The van der Waals surface area contributed by atoms with Crippen LogP contribution < -0.4 is 4.72 Å². The summed E-state index contributed by atoms with van der Waals surface area (Å²) in [6, 6.07) is 7.55. The first-order valence-electron chi connectivity index (χ1n) is 7.72. The Labute approximate surface area is 176 Å². The van der Waals surface area contributed by atoms with E-state index in [1.54, 1.807) is 0 Å². The number of aromatic nitrogens is 3. The van der Waals surface area contributed by atoms with E-state index in [4.69, 9.17) is 23.2 Å². The van der Waals surface area contributed by atoms with Crippen molar-refractivity contribution in [2.45, 2.75) is 11.1 Å². The molecule has 3 aromatic rings. The smallest absolute Gasteiger partial charge is 0.266 e. The van der Waals surface area contributed by atoms with Crippen molar-refractivity contribution in [3.05, 3.63) is 69.7 Å². The number of nitrogens with one attached hydrogen (secondary N) is 1. The third-order valence-corrected chi connectivity index (χ3v) is 5.56. The Morgan fingerprint density at radius 2 is 1.77 bits per heavy atom. The second kappa shape index (κ2) is 7.85. The van der Waals surface area contributed by atoms with Crippen LogP contribution >= 0.6 is 23.2 Å². The molecule has 1 heterocycles. The first-order valence-corrected chi connectivity index (χ1v) is 9.95. The Morgan fingerprint density at radius 3 is 2.40 bits per heavy atom. The van der Waals surface area contributed by atoms with Crippen molar-refractivity contribution in [1.82, 2.24) is 19.7 Å². The Balaban J connectivity index is 2.09. The van der Waals surface area contributed by atoms with Gasteiger partial charge in [0.25, 0.3) is 15.9 Å². The van der Waals surface area contributed by atoms with Gasteiger partial charge in [0.05, 0.1) is 10.7 Å². The molecule has 0 saturated heterocycles. The summed E-state index contributed by atoms with van der Waals surface area (Å²) in [6.45, 7) is 0. The minimum Gasteiger partial charge on any atom is -0.266 e. The van der Waals surface area contributed by atoms with Gasteiger partial charge in [-0.05, 0) is 30.3 Å².